The maximum atomic E-state index is 6.19. The molecular formula is C16H23Cl2NO. The number of rotatable bonds is 5. The molecule has 20 heavy (non-hydrogen) atoms. The molecular weight excluding hydrogens is 293 g/mol. The fourth-order valence-corrected chi connectivity index (χ4v) is 3.41. The average molecular weight is 316 g/mol. The molecule has 1 aromatic rings. The number of nitrogens with two attached hydrogens (primary N) is 1. The summed E-state index contributed by atoms with van der Waals surface area (Å²) < 4.78 is 6.15. The second-order valence-electron chi connectivity index (χ2n) is 5.69. The van der Waals surface area contributed by atoms with Crippen LogP contribution < -0.4 is 10.5 Å². The van der Waals surface area contributed by atoms with E-state index in [9.17, 15) is 0 Å². The zero-order chi connectivity index (χ0) is 14.5. The highest BCUT2D eigenvalue weighted by atomic mass is 35.5. The Morgan fingerprint density at radius 2 is 2.10 bits per heavy atom. The fraction of sp³-hybridized carbons (Fsp3) is 0.625. The van der Waals surface area contributed by atoms with Crippen molar-refractivity contribution in [2.45, 2.75) is 45.1 Å². The molecule has 3 atom stereocenters. The Kier molecular flexibility index (Phi) is 6.01. The van der Waals surface area contributed by atoms with E-state index >= 15 is 0 Å². The topological polar surface area (TPSA) is 35.2 Å². The number of hydrogen-bond donors (Lipinski definition) is 1. The van der Waals surface area contributed by atoms with Gasteiger partial charge in [0.2, 0.25) is 0 Å². The van der Waals surface area contributed by atoms with Crippen molar-refractivity contribution in [3.05, 3.63) is 28.2 Å². The first-order valence-corrected chi connectivity index (χ1v) is 8.21. The molecule has 1 aromatic carbocycles. The van der Waals surface area contributed by atoms with Gasteiger partial charge in [-0.2, -0.15) is 0 Å². The molecule has 0 amide bonds. The van der Waals surface area contributed by atoms with Crippen LogP contribution in [0.3, 0.4) is 0 Å². The van der Waals surface area contributed by atoms with Gasteiger partial charge < -0.3 is 10.5 Å². The standard InChI is InChI=1S/C16H23Cl2NO/c1-2-3-11-4-5-12(10-19)15(8-11)20-16-9-13(17)6-7-14(16)18/h6-7,9,11-12,15H,2-5,8,10,19H2,1H3. The van der Waals surface area contributed by atoms with Gasteiger partial charge in [-0.05, 0) is 43.9 Å². The Morgan fingerprint density at radius 1 is 1.30 bits per heavy atom. The summed E-state index contributed by atoms with van der Waals surface area (Å²) in [5.41, 5.74) is 5.90. The van der Waals surface area contributed by atoms with Gasteiger partial charge in [-0.1, -0.05) is 43.0 Å². The smallest absolute Gasteiger partial charge is 0.139 e. The van der Waals surface area contributed by atoms with Crippen LogP contribution >= 0.6 is 23.2 Å². The zero-order valence-electron chi connectivity index (χ0n) is 11.9. The minimum atomic E-state index is 0.154. The highest BCUT2D eigenvalue weighted by Gasteiger charge is 2.31. The van der Waals surface area contributed by atoms with E-state index in [2.05, 4.69) is 6.92 Å². The van der Waals surface area contributed by atoms with Gasteiger partial charge in [-0.25, -0.2) is 0 Å². The average Bonchev–Trinajstić information content (AvgIpc) is 2.44. The SMILES string of the molecule is CCCC1CCC(CN)C(Oc2cc(Cl)ccc2Cl)C1. The predicted molar refractivity (Wildman–Crippen MR) is 85.7 cm³/mol. The monoisotopic (exact) mass is 315 g/mol. The summed E-state index contributed by atoms with van der Waals surface area (Å²) in [5, 5.41) is 1.26. The summed E-state index contributed by atoms with van der Waals surface area (Å²) in [7, 11) is 0. The molecule has 2 nitrogen and oxygen atoms in total. The molecule has 0 radical (unpaired) electrons. The third kappa shape index (κ3) is 4.03. The third-order valence-electron chi connectivity index (χ3n) is 4.21. The van der Waals surface area contributed by atoms with E-state index in [1.807, 2.05) is 0 Å². The summed E-state index contributed by atoms with van der Waals surface area (Å²) in [6.07, 6.45) is 6.12. The first-order valence-electron chi connectivity index (χ1n) is 7.45. The van der Waals surface area contributed by atoms with E-state index in [0.717, 1.165) is 18.8 Å². The van der Waals surface area contributed by atoms with Gasteiger partial charge in [0.15, 0.2) is 0 Å². The Labute approximate surface area is 131 Å². The van der Waals surface area contributed by atoms with Gasteiger partial charge in [-0.15, -0.1) is 0 Å². The number of ether oxygens (including phenoxy) is 1. The van der Waals surface area contributed by atoms with Crippen LogP contribution in [0.4, 0.5) is 0 Å². The summed E-state index contributed by atoms with van der Waals surface area (Å²) in [5.74, 6) is 1.84. The van der Waals surface area contributed by atoms with Gasteiger partial charge in [0.25, 0.3) is 0 Å². The summed E-state index contributed by atoms with van der Waals surface area (Å²) in [4.78, 5) is 0. The number of hydrogen-bond acceptors (Lipinski definition) is 2. The van der Waals surface area contributed by atoms with Crippen molar-refractivity contribution in [2.24, 2.45) is 17.6 Å². The van der Waals surface area contributed by atoms with E-state index in [1.54, 1.807) is 18.2 Å². The molecule has 0 bridgehead atoms. The minimum absolute atomic E-state index is 0.154. The third-order valence-corrected chi connectivity index (χ3v) is 4.76. The predicted octanol–water partition coefficient (Wildman–Crippen LogP) is 4.92. The lowest BCUT2D eigenvalue weighted by Gasteiger charge is -2.36. The Bertz CT molecular complexity index is 438. The lowest BCUT2D eigenvalue weighted by Crippen LogP contribution is -2.38. The molecule has 112 valence electrons. The van der Waals surface area contributed by atoms with E-state index in [-0.39, 0.29) is 6.10 Å². The molecule has 1 saturated carbocycles. The van der Waals surface area contributed by atoms with Crippen LogP contribution in [-0.4, -0.2) is 12.6 Å². The summed E-state index contributed by atoms with van der Waals surface area (Å²) in [6, 6.07) is 5.35. The fourth-order valence-electron chi connectivity index (χ4n) is 3.09. The van der Waals surface area contributed by atoms with Crippen LogP contribution in [0.25, 0.3) is 0 Å². The largest absolute Gasteiger partial charge is 0.488 e. The van der Waals surface area contributed by atoms with E-state index in [1.165, 1.54) is 19.3 Å². The van der Waals surface area contributed by atoms with Crippen molar-refractivity contribution in [3.8, 4) is 5.75 Å². The maximum absolute atomic E-state index is 6.19. The molecule has 3 unspecified atom stereocenters. The molecule has 0 saturated heterocycles. The van der Waals surface area contributed by atoms with Crippen molar-refractivity contribution < 1.29 is 4.74 Å². The van der Waals surface area contributed by atoms with E-state index in [0.29, 0.717) is 28.3 Å². The van der Waals surface area contributed by atoms with Crippen LogP contribution in [0.2, 0.25) is 10.0 Å². The normalized spacial score (nSPS) is 26.5. The van der Waals surface area contributed by atoms with E-state index < -0.39 is 0 Å². The molecule has 4 heteroatoms. The Balaban J connectivity index is 2.09. The van der Waals surface area contributed by atoms with Crippen LogP contribution in [0.5, 0.6) is 5.75 Å². The number of benzene rings is 1. The van der Waals surface area contributed by atoms with Crippen molar-refractivity contribution in [1.82, 2.24) is 0 Å². The maximum Gasteiger partial charge on any atom is 0.139 e. The zero-order valence-corrected chi connectivity index (χ0v) is 13.5. The lowest BCUT2D eigenvalue weighted by atomic mass is 9.78. The highest BCUT2D eigenvalue weighted by molar-refractivity contribution is 6.34. The molecule has 1 aliphatic carbocycles. The summed E-state index contributed by atoms with van der Waals surface area (Å²) >= 11 is 12.2. The molecule has 0 aliphatic heterocycles. The Morgan fingerprint density at radius 3 is 2.80 bits per heavy atom. The number of halogens is 2. The van der Waals surface area contributed by atoms with Crippen LogP contribution in [-0.2, 0) is 0 Å². The van der Waals surface area contributed by atoms with Crippen molar-refractivity contribution in [2.75, 3.05) is 6.54 Å². The van der Waals surface area contributed by atoms with E-state index in [4.69, 9.17) is 33.7 Å². The second-order valence-corrected chi connectivity index (χ2v) is 6.54. The lowest BCUT2D eigenvalue weighted by molar-refractivity contribution is 0.0670. The molecule has 1 fully saturated rings. The highest BCUT2D eigenvalue weighted by Crippen LogP contribution is 2.36. The first-order chi connectivity index (χ1) is 9.63. The molecule has 1 aliphatic rings. The van der Waals surface area contributed by atoms with Gasteiger partial charge in [0, 0.05) is 17.0 Å². The van der Waals surface area contributed by atoms with Crippen molar-refractivity contribution in [3.63, 3.8) is 0 Å². The van der Waals surface area contributed by atoms with Gasteiger partial charge in [-0.3, -0.25) is 0 Å². The quantitative estimate of drug-likeness (QED) is 0.837. The molecule has 0 aromatic heterocycles. The Hall–Kier alpha value is -0.440. The molecule has 2 N–H and O–H groups in total. The van der Waals surface area contributed by atoms with Gasteiger partial charge in [0.1, 0.15) is 11.9 Å². The van der Waals surface area contributed by atoms with Crippen LogP contribution in [0, 0.1) is 11.8 Å². The molecule has 2 rings (SSSR count). The van der Waals surface area contributed by atoms with Crippen molar-refractivity contribution >= 4 is 23.2 Å². The molecule has 0 spiro atoms. The minimum Gasteiger partial charge on any atom is -0.488 e. The second kappa shape index (κ2) is 7.53. The van der Waals surface area contributed by atoms with Crippen LogP contribution in [0.15, 0.2) is 18.2 Å². The van der Waals surface area contributed by atoms with Gasteiger partial charge in [0.05, 0.1) is 5.02 Å². The molecule has 0 heterocycles. The van der Waals surface area contributed by atoms with Crippen LogP contribution in [0.1, 0.15) is 39.0 Å². The first kappa shape index (κ1) is 15.9. The van der Waals surface area contributed by atoms with Crippen molar-refractivity contribution in [1.29, 1.82) is 0 Å². The summed E-state index contributed by atoms with van der Waals surface area (Å²) in [6.45, 7) is 2.90. The van der Waals surface area contributed by atoms with Gasteiger partial charge >= 0.3 is 0 Å².